The Bertz CT molecular complexity index is 790. The van der Waals surface area contributed by atoms with E-state index in [4.69, 9.17) is 0 Å². The van der Waals surface area contributed by atoms with E-state index in [0.29, 0.717) is 18.7 Å². The molecule has 0 aliphatic heterocycles. The van der Waals surface area contributed by atoms with E-state index in [-0.39, 0.29) is 18.4 Å². The molecule has 1 heterocycles. The second-order valence-corrected chi connectivity index (χ2v) is 6.78. The van der Waals surface area contributed by atoms with Gasteiger partial charge in [-0.15, -0.1) is 0 Å². The summed E-state index contributed by atoms with van der Waals surface area (Å²) in [6.07, 6.45) is 4.59. The highest BCUT2D eigenvalue weighted by Crippen LogP contribution is 2.29. The van der Waals surface area contributed by atoms with Gasteiger partial charge in [-0.1, -0.05) is 0 Å². The number of aryl methyl sites for hydroxylation is 2. The molecular weight excluding hydrogens is 314 g/mol. The lowest BCUT2D eigenvalue weighted by Gasteiger charge is -2.23. The first-order valence-electron chi connectivity index (χ1n) is 9.21. The van der Waals surface area contributed by atoms with Crippen molar-refractivity contribution in [2.45, 2.75) is 39.5 Å². The van der Waals surface area contributed by atoms with E-state index in [1.165, 1.54) is 29.0 Å². The van der Waals surface area contributed by atoms with Crippen LogP contribution in [0.4, 0.5) is 0 Å². The molecular formula is C20H27N3O2. The Morgan fingerprint density at radius 3 is 2.56 bits per heavy atom. The van der Waals surface area contributed by atoms with Crippen molar-refractivity contribution in [3.8, 4) is 0 Å². The lowest BCUT2D eigenvalue weighted by molar-refractivity contribution is -0.131. The molecule has 1 aromatic carbocycles. The molecule has 0 spiro atoms. The van der Waals surface area contributed by atoms with Crippen LogP contribution in [0.3, 0.4) is 0 Å². The largest absolute Gasteiger partial charge is 0.358 e. The number of carbonyl (C=O) groups is 2. The van der Waals surface area contributed by atoms with E-state index in [9.17, 15) is 9.59 Å². The number of aromatic nitrogens is 1. The number of nitrogens with zero attached hydrogens (tertiary/aromatic N) is 2. The summed E-state index contributed by atoms with van der Waals surface area (Å²) in [6.45, 7) is 5.35. The highest BCUT2D eigenvalue weighted by Gasteiger charge is 2.20. The first-order valence-corrected chi connectivity index (χ1v) is 9.21. The summed E-state index contributed by atoms with van der Waals surface area (Å²) in [4.78, 5) is 31.7. The number of likely N-dealkylation sites (N-methyl/N-ethyl adjacent to an activating group) is 2. The lowest BCUT2D eigenvalue weighted by atomic mass is 9.95. The molecule has 5 nitrogen and oxygen atoms in total. The first kappa shape index (κ1) is 17.5. The van der Waals surface area contributed by atoms with Crippen LogP contribution in [0, 0.1) is 0 Å². The maximum atomic E-state index is 12.8. The van der Waals surface area contributed by atoms with Crippen LogP contribution < -0.4 is 0 Å². The SMILES string of the molecule is CCN(CC)C(=O)CN(C)C(=O)c1ccc2[nH]c3c(c2c1)CCCC3. The van der Waals surface area contributed by atoms with Crippen molar-refractivity contribution >= 4 is 22.7 Å². The lowest BCUT2D eigenvalue weighted by Crippen LogP contribution is -2.41. The summed E-state index contributed by atoms with van der Waals surface area (Å²) < 4.78 is 0. The van der Waals surface area contributed by atoms with Gasteiger partial charge in [-0.25, -0.2) is 0 Å². The quantitative estimate of drug-likeness (QED) is 0.909. The van der Waals surface area contributed by atoms with Crippen molar-refractivity contribution in [1.82, 2.24) is 14.8 Å². The van der Waals surface area contributed by atoms with Crippen LogP contribution in [0.2, 0.25) is 0 Å². The summed E-state index contributed by atoms with van der Waals surface area (Å²) in [5.74, 6) is -0.117. The number of amides is 2. The van der Waals surface area contributed by atoms with Gasteiger partial charge in [0.2, 0.25) is 5.91 Å². The molecule has 0 fully saturated rings. The van der Waals surface area contributed by atoms with Gasteiger partial charge in [-0.2, -0.15) is 0 Å². The zero-order chi connectivity index (χ0) is 18.0. The van der Waals surface area contributed by atoms with Crippen LogP contribution in [0.25, 0.3) is 10.9 Å². The van der Waals surface area contributed by atoms with Gasteiger partial charge in [-0.05, 0) is 63.3 Å². The van der Waals surface area contributed by atoms with Crippen LogP contribution in [0.15, 0.2) is 18.2 Å². The van der Waals surface area contributed by atoms with E-state index in [2.05, 4.69) is 4.98 Å². The van der Waals surface area contributed by atoms with E-state index < -0.39 is 0 Å². The fourth-order valence-corrected chi connectivity index (χ4v) is 3.71. The smallest absolute Gasteiger partial charge is 0.254 e. The summed E-state index contributed by atoms with van der Waals surface area (Å²) in [7, 11) is 1.69. The van der Waals surface area contributed by atoms with Gasteiger partial charge in [0.1, 0.15) is 0 Å². The van der Waals surface area contributed by atoms with Crippen molar-refractivity contribution in [1.29, 1.82) is 0 Å². The zero-order valence-electron chi connectivity index (χ0n) is 15.4. The van der Waals surface area contributed by atoms with E-state index in [1.54, 1.807) is 11.9 Å². The van der Waals surface area contributed by atoms with Crippen molar-refractivity contribution in [2.75, 3.05) is 26.7 Å². The molecule has 1 aliphatic carbocycles. The zero-order valence-corrected chi connectivity index (χ0v) is 15.4. The van der Waals surface area contributed by atoms with Crippen molar-refractivity contribution in [3.05, 3.63) is 35.0 Å². The van der Waals surface area contributed by atoms with Crippen molar-refractivity contribution in [3.63, 3.8) is 0 Å². The molecule has 0 saturated carbocycles. The molecule has 0 radical (unpaired) electrons. The molecule has 5 heteroatoms. The summed E-state index contributed by atoms with van der Waals surface area (Å²) in [5.41, 5.74) is 4.42. The molecule has 1 N–H and O–H groups in total. The molecule has 2 amide bonds. The molecule has 3 rings (SSSR count). The Morgan fingerprint density at radius 1 is 1.12 bits per heavy atom. The van der Waals surface area contributed by atoms with Crippen LogP contribution in [0.1, 0.15) is 48.3 Å². The third kappa shape index (κ3) is 3.41. The van der Waals surface area contributed by atoms with Crippen molar-refractivity contribution < 1.29 is 9.59 Å². The van der Waals surface area contributed by atoms with Gasteiger partial charge < -0.3 is 14.8 Å². The number of hydrogen-bond donors (Lipinski definition) is 1. The van der Waals surface area contributed by atoms with Gasteiger partial charge in [0, 0.05) is 42.3 Å². The molecule has 1 aliphatic rings. The normalized spacial score (nSPS) is 13.6. The molecule has 0 saturated heterocycles. The summed E-state index contributed by atoms with van der Waals surface area (Å²) in [5, 5.41) is 1.16. The number of benzene rings is 1. The number of H-pyrrole nitrogens is 1. The monoisotopic (exact) mass is 341 g/mol. The molecule has 0 bridgehead atoms. The van der Waals surface area contributed by atoms with E-state index >= 15 is 0 Å². The molecule has 2 aromatic rings. The van der Waals surface area contributed by atoms with Gasteiger partial charge >= 0.3 is 0 Å². The Morgan fingerprint density at radius 2 is 1.84 bits per heavy atom. The molecule has 0 unspecified atom stereocenters. The number of nitrogens with one attached hydrogen (secondary N) is 1. The average Bonchev–Trinajstić information content (AvgIpc) is 2.99. The molecule has 25 heavy (non-hydrogen) atoms. The van der Waals surface area contributed by atoms with Gasteiger partial charge in [0.15, 0.2) is 0 Å². The minimum absolute atomic E-state index is 0.0130. The fraction of sp³-hybridized carbons (Fsp3) is 0.500. The topological polar surface area (TPSA) is 56.4 Å². The van der Waals surface area contributed by atoms with Gasteiger partial charge in [-0.3, -0.25) is 9.59 Å². The Hall–Kier alpha value is -2.30. The highest BCUT2D eigenvalue weighted by molar-refractivity contribution is 6.00. The van der Waals surface area contributed by atoms with Crippen molar-refractivity contribution in [2.24, 2.45) is 0 Å². The first-order chi connectivity index (χ1) is 12.0. The van der Waals surface area contributed by atoms with Crippen LogP contribution in [0.5, 0.6) is 0 Å². The third-order valence-corrected chi connectivity index (χ3v) is 5.18. The second-order valence-electron chi connectivity index (χ2n) is 6.78. The summed E-state index contributed by atoms with van der Waals surface area (Å²) >= 11 is 0. The van der Waals surface area contributed by atoms with Gasteiger partial charge in [0.05, 0.1) is 6.54 Å². The Labute approximate surface area is 149 Å². The minimum Gasteiger partial charge on any atom is -0.358 e. The standard InChI is InChI=1S/C20H27N3O2/c1-4-23(5-2)19(24)13-22(3)20(25)14-10-11-18-16(12-14)15-8-6-7-9-17(15)21-18/h10-12,21H,4-9,13H2,1-3H3. The Balaban J connectivity index is 1.80. The highest BCUT2D eigenvalue weighted by atomic mass is 16.2. The second kappa shape index (κ2) is 7.30. The number of rotatable bonds is 5. The predicted octanol–water partition coefficient (Wildman–Crippen LogP) is 2.99. The molecule has 134 valence electrons. The summed E-state index contributed by atoms with van der Waals surface area (Å²) in [6, 6.07) is 5.82. The number of carbonyl (C=O) groups excluding carboxylic acids is 2. The van der Waals surface area contributed by atoms with Crippen LogP contribution in [-0.2, 0) is 17.6 Å². The molecule has 0 atom stereocenters. The number of fused-ring (bicyclic) bond motifs is 3. The van der Waals surface area contributed by atoms with E-state index in [0.717, 1.165) is 23.7 Å². The maximum Gasteiger partial charge on any atom is 0.254 e. The minimum atomic E-state index is -0.104. The van der Waals surface area contributed by atoms with Crippen LogP contribution >= 0.6 is 0 Å². The van der Waals surface area contributed by atoms with Crippen LogP contribution in [-0.4, -0.2) is 53.3 Å². The number of hydrogen-bond acceptors (Lipinski definition) is 2. The van der Waals surface area contributed by atoms with Gasteiger partial charge in [0.25, 0.3) is 5.91 Å². The maximum absolute atomic E-state index is 12.8. The predicted molar refractivity (Wildman–Crippen MR) is 99.8 cm³/mol. The Kier molecular flexibility index (Phi) is 5.11. The third-order valence-electron chi connectivity index (χ3n) is 5.18. The average molecular weight is 341 g/mol. The fourth-order valence-electron chi connectivity index (χ4n) is 3.71. The number of aromatic amines is 1. The molecule has 1 aromatic heterocycles. The van der Waals surface area contributed by atoms with E-state index in [1.807, 2.05) is 32.0 Å².